The third kappa shape index (κ3) is 6.00. The van der Waals surface area contributed by atoms with Crippen molar-refractivity contribution < 1.29 is 14.3 Å². The van der Waals surface area contributed by atoms with Crippen LogP contribution >= 0.6 is 0 Å². The molecule has 1 aromatic carbocycles. The molecule has 3 rings (SSSR count). The van der Waals surface area contributed by atoms with Crippen LogP contribution in [-0.4, -0.2) is 74.2 Å². The molecule has 2 fully saturated rings. The average molecular weight is 360 g/mol. The van der Waals surface area contributed by atoms with Gasteiger partial charge in [0.1, 0.15) is 5.75 Å². The number of nitrogens with zero attached hydrogens (tertiary/aromatic N) is 2. The fourth-order valence-corrected chi connectivity index (χ4v) is 3.07. The summed E-state index contributed by atoms with van der Waals surface area (Å²) < 4.78 is 5.18. The topological polar surface area (TPSA) is 73.9 Å². The van der Waals surface area contributed by atoms with E-state index in [0.717, 1.165) is 57.7 Å². The molecule has 2 N–H and O–H groups in total. The first-order valence-electron chi connectivity index (χ1n) is 9.30. The molecule has 1 saturated carbocycles. The molecule has 1 aliphatic carbocycles. The fourth-order valence-electron chi connectivity index (χ4n) is 3.07. The van der Waals surface area contributed by atoms with Gasteiger partial charge in [-0.2, -0.15) is 0 Å². The van der Waals surface area contributed by atoms with Crippen LogP contribution in [0.4, 0.5) is 4.79 Å². The summed E-state index contributed by atoms with van der Waals surface area (Å²) in [4.78, 5) is 28.0. The molecule has 1 saturated heterocycles. The summed E-state index contributed by atoms with van der Waals surface area (Å²) in [7, 11) is 1.67. The zero-order chi connectivity index (χ0) is 18.4. The molecule has 0 radical (unpaired) electrons. The second-order valence-corrected chi connectivity index (χ2v) is 7.01. The van der Waals surface area contributed by atoms with Crippen molar-refractivity contribution in [3.05, 3.63) is 29.8 Å². The number of amides is 3. The van der Waals surface area contributed by atoms with Crippen LogP contribution in [0.15, 0.2) is 24.3 Å². The van der Waals surface area contributed by atoms with Gasteiger partial charge in [0, 0.05) is 38.8 Å². The maximum Gasteiger partial charge on any atom is 0.321 e. The van der Waals surface area contributed by atoms with Gasteiger partial charge in [0.05, 0.1) is 13.7 Å². The minimum absolute atomic E-state index is 0.227. The number of carbonyl (C=O) groups is 2. The Morgan fingerprint density at radius 1 is 1.08 bits per heavy atom. The Morgan fingerprint density at radius 3 is 2.35 bits per heavy atom. The van der Waals surface area contributed by atoms with Crippen LogP contribution in [0, 0.1) is 0 Å². The van der Waals surface area contributed by atoms with Crippen molar-refractivity contribution in [2.75, 3.05) is 46.4 Å². The van der Waals surface area contributed by atoms with Gasteiger partial charge in [-0.15, -0.1) is 0 Å². The van der Waals surface area contributed by atoms with Crippen molar-refractivity contribution in [3.63, 3.8) is 0 Å². The SMILES string of the molecule is COc1ccc(CCN2CCN(CC(=O)NC(=O)NC3CC3)CC2)cc1. The van der Waals surface area contributed by atoms with Gasteiger partial charge in [0.25, 0.3) is 0 Å². The molecule has 0 unspecified atom stereocenters. The predicted octanol–water partition coefficient (Wildman–Crippen LogP) is 0.844. The number of hydrogen-bond donors (Lipinski definition) is 2. The molecular formula is C19H28N4O3. The molecule has 2 aliphatic rings. The summed E-state index contributed by atoms with van der Waals surface area (Å²) in [5.74, 6) is 0.654. The Hall–Kier alpha value is -2.12. The summed E-state index contributed by atoms with van der Waals surface area (Å²) in [6.45, 7) is 4.87. The zero-order valence-corrected chi connectivity index (χ0v) is 15.4. The van der Waals surface area contributed by atoms with E-state index in [9.17, 15) is 9.59 Å². The summed E-state index contributed by atoms with van der Waals surface area (Å²) >= 11 is 0. The first kappa shape index (κ1) is 18.7. The zero-order valence-electron chi connectivity index (χ0n) is 15.4. The Balaban J connectivity index is 1.31. The summed E-state index contributed by atoms with van der Waals surface area (Å²) in [6.07, 6.45) is 3.03. The molecule has 3 amide bonds. The number of benzene rings is 1. The quantitative estimate of drug-likeness (QED) is 0.754. The lowest BCUT2D eigenvalue weighted by atomic mass is 10.1. The third-order valence-corrected chi connectivity index (χ3v) is 4.87. The number of ether oxygens (including phenoxy) is 1. The van der Waals surface area contributed by atoms with Gasteiger partial charge in [-0.3, -0.25) is 15.0 Å². The Morgan fingerprint density at radius 2 is 1.73 bits per heavy atom. The average Bonchev–Trinajstić information content (AvgIpc) is 3.45. The smallest absolute Gasteiger partial charge is 0.321 e. The normalized spacial score (nSPS) is 18.3. The number of hydrogen-bond acceptors (Lipinski definition) is 5. The van der Waals surface area contributed by atoms with Gasteiger partial charge in [-0.25, -0.2) is 4.79 Å². The number of carbonyl (C=O) groups excluding carboxylic acids is 2. The van der Waals surface area contributed by atoms with E-state index in [4.69, 9.17) is 4.74 Å². The standard InChI is InChI=1S/C19H28N4O3/c1-26-17-6-2-15(3-7-17)8-9-22-10-12-23(13-11-22)14-18(24)21-19(25)20-16-4-5-16/h2-3,6-7,16H,4-5,8-14H2,1H3,(H2,20,21,24,25). The number of rotatable bonds is 7. The number of piperazine rings is 1. The lowest BCUT2D eigenvalue weighted by Crippen LogP contribution is -2.51. The van der Waals surface area contributed by atoms with E-state index in [1.807, 2.05) is 12.1 Å². The first-order valence-corrected chi connectivity index (χ1v) is 9.30. The highest BCUT2D eigenvalue weighted by molar-refractivity contribution is 5.95. The second-order valence-electron chi connectivity index (χ2n) is 7.01. The number of urea groups is 1. The minimum Gasteiger partial charge on any atom is -0.497 e. The molecule has 0 aromatic heterocycles. The van der Waals surface area contributed by atoms with Gasteiger partial charge in [-0.05, 0) is 37.0 Å². The fraction of sp³-hybridized carbons (Fsp3) is 0.579. The molecule has 1 aliphatic heterocycles. The van der Waals surface area contributed by atoms with E-state index in [-0.39, 0.29) is 24.5 Å². The molecule has 0 bridgehead atoms. The van der Waals surface area contributed by atoms with Crippen LogP contribution in [0.2, 0.25) is 0 Å². The Labute approximate surface area is 154 Å². The van der Waals surface area contributed by atoms with Crippen molar-refractivity contribution in [1.82, 2.24) is 20.4 Å². The molecular weight excluding hydrogens is 332 g/mol. The number of imide groups is 1. The van der Waals surface area contributed by atoms with Crippen LogP contribution in [0.1, 0.15) is 18.4 Å². The first-order chi connectivity index (χ1) is 12.6. The highest BCUT2D eigenvalue weighted by Crippen LogP contribution is 2.18. The third-order valence-electron chi connectivity index (χ3n) is 4.87. The highest BCUT2D eigenvalue weighted by atomic mass is 16.5. The molecule has 1 aromatic rings. The lowest BCUT2D eigenvalue weighted by Gasteiger charge is -2.34. The maximum absolute atomic E-state index is 11.9. The Bertz CT molecular complexity index is 608. The van der Waals surface area contributed by atoms with E-state index >= 15 is 0 Å². The van der Waals surface area contributed by atoms with Crippen LogP contribution < -0.4 is 15.4 Å². The summed E-state index contributed by atoms with van der Waals surface area (Å²) in [5.41, 5.74) is 1.30. The summed E-state index contributed by atoms with van der Waals surface area (Å²) in [6, 6.07) is 8.09. The predicted molar refractivity (Wildman–Crippen MR) is 99.3 cm³/mol. The van der Waals surface area contributed by atoms with Crippen molar-refractivity contribution in [1.29, 1.82) is 0 Å². The van der Waals surface area contributed by atoms with Gasteiger partial charge >= 0.3 is 6.03 Å². The molecule has 7 nitrogen and oxygen atoms in total. The number of nitrogens with one attached hydrogen (secondary N) is 2. The van der Waals surface area contributed by atoms with Crippen LogP contribution in [0.3, 0.4) is 0 Å². The van der Waals surface area contributed by atoms with Gasteiger partial charge < -0.3 is 15.0 Å². The van der Waals surface area contributed by atoms with Crippen molar-refractivity contribution >= 4 is 11.9 Å². The van der Waals surface area contributed by atoms with Crippen LogP contribution in [-0.2, 0) is 11.2 Å². The molecule has 0 spiro atoms. The largest absolute Gasteiger partial charge is 0.497 e. The second kappa shape index (κ2) is 9.00. The van der Waals surface area contributed by atoms with Crippen LogP contribution in [0.5, 0.6) is 5.75 Å². The summed E-state index contributed by atoms with van der Waals surface area (Å²) in [5, 5.41) is 5.17. The van der Waals surface area contributed by atoms with Gasteiger partial charge in [-0.1, -0.05) is 12.1 Å². The van der Waals surface area contributed by atoms with Gasteiger partial charge in [0.15, 0.2) is 0 Å². The molecule has 0 atom stereocenters. The molecule has 7 heteroatoms. The Kier molecular flexibility index (Phi) is 6.46. The molecule has 26 heavy (non-hydrogen) atoms. The van der Waals surface area contributed by atoms with Crippen LogP contribution in [0.25, 0.3) is 0 Å². The van der Waals surface area contributed by atoms with E-state index in [0.29, 0.717) is 0 Å². The van der Waals surface area contributed by atoms with E-state index in [1.165, 1.54) is 5.56 Å². The van der Waals surface area contributed by atoms with Crippen molar-refractivity contribution in [2.24, 2.45) is 0 Å². The van der Waals surface area contributed by atoms with E-state index < -0.39 is 0 Å². The van der Waals surface area contributed by atoms with Crippen molar-refractivity contribution in [2.45, 2.75) is 25.3 Å². The molecule has 1 heterocycles. The van der Waals surface area contributed by atoms with Gasteiger partial charge in [0.2, 0.25) is 5.91 Å². The lowest BCUT2D eigenvalue weighted by molar-refractivity contribution is -0.121. The van der Waals surface area contributed by atoms with E-state index in [2.05, 4.69) is 32.6 Å². The van der Waals surface area contributed by atoms with Crippen molar-refractivity contribution in [3.8, 4) is 5.75 Å². The maximum atomic E-state index is 11.9. The molecule has 142 valence electrons. The van der Waals surface area contributed by atoms with E-state index in [1.54, 1.807) is 7.11 Å². The monoisotopic (exact) mass is 360 g/mol. The minimum atomic E-state index is -0.365. The number of methoxy groups -OCH3 is 1. The highest BCUT2D eigenvalue weighted by Gasteiger charge is 2.24.